The Labute approximate surface area is 618 Å². The summed E-state index contributed by atoms with van der Waals surface area (Å²) in [5.74, 6) is 1.76. The number of nitrogens with zero attached hydrogens (tertiary/aromatic N) is 2. The van der Waals surface area contributed by atoms with Gasteiger partial charge in [-0.25, -0.2) is 0 Å². The molecule has 0 amide bonds. The number of hydrogen-bond donors (Lipinski definition) is 0. The van der Waals surface area contributed by atoms with Gasteiger partial charge in [-0.15, -0.1) is 23.5 Å². The molecule has 0 aliphatic heterocycles. The van der Waals surface area contributed by atoms with Crippen LogP contribution in [0.15, 0.2) is 399 Å². The Morgan fingerprint density at radius 1 is 0.250 bits per heavy atom. The van der Waals surface area contributed by atoms with Crippen LogP contribution in [0.25, 0.3) is 67.1 Å². The van der Waals surface area contributed by atoms with E-state index in [-0.39, 0.29) is 0 Å². The molecule has 0 spiro atoms. The average Bonchev–Trinajstić information content (AvgIpc) is 1.53. The van der Waals surface area contributed by atoms with Gasteiger partial charge < -0.3 is 9.80 Å². The number of anilines is 6. The molecule has 0 bridgehead atoms. The van der Waals surface area contributed by atoms with E-state index in [0.29, 0.717) is 0 Å². The summed E-state index contributed by atoms with van der Waals surface area (Å²) in [6.07, 6.45) is 3.80. The molecular weight excluding hydrogens is 1290 g/mol. The molecule has 0 heterocycles. The van der Waals surface area contributed by atoms with Gasteiger partial charge in [-0.1, -0.05) is 292 Å². The third kappa shape index (κ3) is 11.4. The molecule has 2 atom stereocenters. The molecule has 16 aromatic carbocycles. The van der Waals surface area contributed by atoms with Crippen LogP contribution in [-0.2, 0) is 22.3 Å². The smallest absolute Gasteiger partial charge is 0.0714 e. The summed E-state index contributed by atoms with van der Waals surface area (Å²) in [6.45, 7) is 7.92. The molecule has 104 heavy (non-hydrogen) atoms. The van der Waals surface area contributed by atoms with Crippen LogP contribution in [0.5, 0.6) is 0 Å². The van der Waals surface area contributed by atoms with E-state index >= 15 is 0 Å². The van der Waals surface area contributed by atoms with Crippen molar-refractivity contribution in [2.24, 2.45) is 0 Å². The van der Waals surface area contributed by atoms with Crippen LogP contribution >= 0.6 is 23.5 Å². The number of fused-ring (bicyclic) bond motifs is 8. The van der Waals surface area contributed by atoms with Crippen LogP contribution in [0.3, 0.4) is 0 Å². The highest BCUT2D eigenvalue weighted by molar-refractivity contribution is 7.98. The van der Waals surface area contributed by atoms with Gasteiger partial charge >= 0.3 is 0 Å². The van der Waals surface area contributed by atoms with Crippen molar-refractivity contribution >= 4 is 91.3 Å². The van der Waals surface area contributed by atoms with E-state index in [9.17, 15) is 0 Å². The minimum Gasteiger partial charge on any atom is -0.310 e. The highest BCUT2D eigenvalue weighted by Crippen LogP contribution is 2.60. The summed E-state index contributed by atoms with van der Waals surface area (Å²) in [7, 11) is 0. The molecule has 16 aromatic rings. The van der Waals surface area contributed by atoms with Crippen LogP contribution < -0.4 is 9.80 Å². The second kappa shape index (κ2) is 27.3. The zero-order valence-corrected chi connectivity index (χ0v) is 59.1. The van der Waals surface area contributed by atoms with Crippen molar-refractivity contribution in [1.82, 2.24) is 0 Å². The second-order valence-electron chi connectivity index (χ2n) is 27.1. The van der Waals surface area contributed by atoms with Gasteiger partial charge in [0, 0.05) is 55.4 Å². The molecule has 2 aliphatic rings. The van der Waals surface area contributed by atoms with Gasteiger partial charge in [0.15, 0.2) is 0 Å². The zero-order valence-electron chi connectivity index (χ0n) is 57.5. The van der Waals surface area contributed by atoms with Crippen molar-refractivity contribution in [3.63, 3.8) is 0 Å². The third-order valence-electron chi connectivity index (χ3n) is 21.4. The van der Waals surface area contributed by atoms with Gasteiger partial charge in [-0.05, 0) is 231 Å². The molecule has 2 nitrogen and oxygen atoms in total. The molecule has 494 valence electrons. The molecule has 0 aromatic heterocycles. The van der Waals surface area contributed by atoms with Crippen LogP contribution in [-0.4, -0.2) is 0 Å². The molecule has 4 heteroatoms. The zero-order chi connectivity index (χ0) is 69.6. The monoisotopic (exact) mass is 1360 g/mol. The Balaban J connectivity index is 0.703. The van der Waals surface area contributed by atoms with Crippen molar-refractivity contribution in [2.75, 3.05) is 9.80 Å². The molecular formula is C100H72N2S2. The predicted molar refractivity (Wildman–Crippen MR) is 443 cm³/mol. The van der Waals surface area contributed by atoms with E-state index in [0.717, 1.165) is 67.9 Å². The van der Waals surface area contributed by atoms with Crippen LogP contribution in [0.4, 0.5) is 34.1 Å². The predicted octanol–water partition coefficient (Wildman–Crippen LogP) is 27.2. The highest BCUT2D eigenvalue weighted by atomic mass is 32.2. The third-order valence-corrected chi connectivity index (χ3v) is 23.5. The van der Waals surface area contributed by atoms with E-state index < -0.39 is 10.8 Å². The molecule has 0 fully saturated rings. The summed E-state index contributed by atoms with van der Waals surface area (Å²) in [6, 6.07) is 140. The lowest BCUT2D eigenvalue weighted by Crippen LogP contribution is -2.29. The van der Waals surface area contributed by atoms with Crippen molar-refractivity contribution in [1.29, 1.82) is 0 Å². The van der Waals surface area contributed by atoms with E-state index in [1.54, 1.807) is 0 Å². The standard InChI is InChI=1S/C100H72N2S2/c1-3-69-31-35-71(36-32-69)67-103-89-57-47-79(48-58-89)99(81-45-39-73-19-11-13-21-77(73)63-81)95-29-17-15-27-91(95)93-61-55-87(65-97(93)99)101(83-23-7-5-8-24-83)85-51-41-75(42-52-85)76-43-53-86(54-44-76)102(84-25-9-6-10-26-84)88-56-62-94-92-28-16-18-30-96(92)100(98(94)66-88,82-46-40-74-20-12-14-22-78(74)64-82)80-49-59-90(60-50-80)104-68-72-37-33-70(4-2)34-38-72/h3-66H,1-2,67-68H2. The molecule has 2 unspecified atom stereocenters. The number of thioether (sulfide) groups is 2. The van der Waals surface area contributed by atoms with E-state index in [4.69, 9.17) is 0 Å². The van der Waals surface area contributed by atoms with Crippen molar-refractivity contribution < 1.29 is 0 Å². The SMILES string of the molecule is C=Cc1ccc(CSc2ccc(C3(c4ccc5ccccc5c4)c4ccccc4-c4ccc(N(c5ccccc5)c5ccc(-c6ccc(N(c7ccccc7)c7ccc8c(c7)C(c7ccc(SCc9ccc(C=C)cc9)cc7)(c7ccc9ccccc9c7)c7ccccc7-8)cc6)cc5)cc43)cc2)cc1. The van der Waals surface area contributed by atoms with E-state index in [1.807, 2.05) is 35.7 Å². The minimum absolute atomic E-state index is 0.633. The van der Waals surface area contributed by atoms with Crippen molar-refractivity contribution in [3.8, 4) is 33.4 Å². The fourth-order valence-electron chi connectivity index (χ4n) is 16.3. The fourth-order valence-corrected chi connectivity index (χ4v) is 18.0. The van der Waals surface area contributed by atoms with Gasteiger partial charge in [0.05, 0.1) is 10.8 Å². The first-order chi connectivity index (χ1) is 51.4. The normalized spacial score (nSPS) is 14.7. The van der Waals surface area contributed by atoms with E-state index in [1.165, 1.54) is 109 Å². The summed E-state index contributed by atoms with van der Waals surface area (Å²) in [4.78, 5) is 7.31. The topological polar surface area (TPSA) is 6.48 Å². The summed E-state index contributed by atoms with van der Waals surface area (Å²) < 4.78 is 0. The quantitative estimate of drug-likeness (QED) is 0.0744. The summed E-state index contributed by atoms with van der Waals surface area (Å²) >= 11 is 3.74. The Morgan fingerprint density at radius 3 is 0.971 bits per heavy atom. The Hall–Kier alpha value is -12.2. The lowest BCUT2D eigenvalue weighted by Gasteiger charge is -2.35. The molecule has 0 saturated heterocycles. The van der Waals surface area contributed by atoms with Crippen LogP contribution in [0.2, 0.25) is 0 Å². The Kier molecular flexibility index (Phi) is 16.8. The maximum absolute atomic E-state index is 3.96. The fraction of sp³-hybridized carbons (Fsp3) is 0.0400. The Morgan fingerprint density at radius 2 is 0.577 bits per heavy atom. The summed E-state index contributed by atoms with van der Waals surface area (Å²) in [5.41, 5.74) is 27.3. The van der Waals surface area contributed by atoms with Gasteiger partial charge in [0.2, 0.25) is 0 Å². The maximum Gasteiger partial charge on any atom is 0.0714 e. The molecule has 18 rings (SSSR count). The molecule has 2 aliphatic carbocycles. The number of para-hydroxylation sites is 2. The highest BCUT2D eigenvalue weighted by Gasteiger charge is 2.48. The Bertz CT molecular complexity index is 5510. The molecule has 0 N–H and O–H groups in total. The molecule has 0 saturated carbocycles. The first-order valence-corrected chi connectivity index (χ1v) is 37.7. The van der Waals surface area contributed by atoms with Gasteiger partial charge in [-0.3, -0.25) is 0 Å². The number of rotatable bonds is 19. The molecule has 0 radical (unpaired) electrons. The number of hydrogen-bond acceptors (Lipinski definition) is 4. The maximum atomic E-state index is 3.96. The van der Waals surface area contributed by atoms with Crippen LogP contribution in [0, 0.1) is 0 Å². The lowest BCUT2D eigenvalue weighted by atomic mass is 9.67. The minimum atomic E-state index is -0.633. The van der Waals surface area contributed by atoms with Crippen molar-refractivity contribution in [2.45, 2.75) is 32.1 Å². The first kappa shape index (κ1) is 64.0. The first-order valence-electron chi connectivity index (χ1n) is 35.7. The van der Waals surface area contributed by atoms with Gasteiger partial charge in [0.25, 0.3) is 0 Å². The van der Waals surface area contributed by atoms with Gasteiger partial charge in [-0.2, -0.15) is 0 Å². The second-order valence-corrected chi connectivity index (χ2v) is 29.2. The van der Waals surface area contributed by atoms with Gasteiger partial charge in [0.1, 0.15) is 0 Å². The largest absolute Gasteiger partial charge is 0.310 e. The summed E-state index contributed by atoms with van der Waals surface area (Å²) in [5, 5.41) is 4.88. The average molecular weight is 1370 g/mol. The van der Waals surface area contributed by atoms with Crippen LogP contribution in [0.1, 0.15) is 66.8 Å². The number of benzene rings is 16. The van der Waals surface area contributed by atoms with Crippen molar-refractivity contribution in [3.05, 3.63) is 456 Å². The lowest BCUT2D eigenvalue weighted by molar-refractivity contribution is 0.768. The van der Waals surface area contributed by atoms with E-state index in [2.05, 4.69) is 399 Å².